The lowest BCUT2D eigenvalue weighted by Gasteiger charge is -2.12. The summed E-state index contributed by atoms with van der Waals surface area (Å²) in [6, 6.07) is 3.88. The van der Waals surface area contributed by atoms with E-state index in [4.69, 9.17) is 4.74 Å². The SMILES string of the molecule is COC(=O)CC1(CSc2ncccc2Br)CC1. The van der Waals surface area contributed by atoms with Gasteiger partial charge in [-0.3, -0.25) is 4.79 Å². The van der Waals surface area contributed by atoms with E-state index in [1.165, 1.54) is 7.11 Å². The fraction of sp³-hybridized carbons (Fsp3) is 0.500. The smallest absolute Gasteiger partial charge is 0.306 e. The number of rotatable bonds is 5. The van der Waals surface area contributed by atoms with E-state index in [2.05, 4.69) is 20.9 Å². The lowest BCUT2D eigenvalue weighted by molar-refractivity contribution is -0.141. The fourth-order valence-corrected chi connectivity index (χ4v) is 3.40. The number of nitrogens with zero attached hydrogens (tertiary/aromatic N) is 1. The Kier molecular flexibility index (Phi) is 4.09. The molecule has 3 nitrogen and oxygen atoms in total. The van der Waals surface area contributed by atoms with Gasteiger partial charge in [-0.05, 0) is 46.3 Å². The Morgan fingerprint density at radius 1 is 1.65 bits per heavy atom. The second-order valence-corrected chi connectivity index (χ2v) is 6.15. The highest BCUT2D eigenvalue weighted by molar-refractivity contribution is 9.10. The van der Waals surface area contributed by atoms with Crippen molar-refractivity contribution in [1.82, 2.24) is 4.98 Å². The quantitative estimate of drug-likeness (QED) is 0.617. The van der Waals surface area contributed by atoms with Crippen LogP contribution in [0, 0.1) is 5.41 Å². The van der Waals surface area contributed by atoms with E-state index in [9.17, 15) is 4.79 Å². The second-order valence-electron chi connectivity index (χ2n) is 4.33. The van der Waals surface area contributed by atoms with Crippen molar-refractivity contribution in [2.24, 2.45) is 5.41 Å². The number of esters is 1. The molecule has 1 aromatic rings. The lowest BCUT2D eigenvalue weighted by atomic mass is 10.1. The molecule has 1 saturated carbocycles. The van der Waals surface area contributed by atoms with Gasteiger partial charge in [0.2, 0.25) is 0 Å². The molecule has 0 aliphatic heterocycles. The number of pyridine rings is 1. The second kappa shape index (κ2) is 5.40. The van der Waals surface area contributed by atoms with Crippen LogP contribution >= 0.6 is 27.7 Å². The molecule has 0 radical (unpaired) electrons. The predicted molar refractivity (Wildman–Crippen MR) is 71.0 cm³/mol. The van der Waals surface area contributed by atoms with E-state index in [0.717, 1.165) is 28.1 Å². The first-order chi connectivity index (χ1) is 8.15. The van der Waals surface area contributed by atoms with Crippen molar-refractivity contribution < 1.29 is 9.53 Å². The molecule has 17 heavy (non-hydrogen) atoms. The Morgan fingerprint density at radius 3 is 3.00 bits per heavy atom. The Balaban J connectivity index is 1.90. The van der Waals surface area contributed by atoms with E-state index in [1.54, 1.807) is 18.0 Å². The van der Waals surface area contributed by atoms with Crippen molar-refractivity contribution >= 4 is 33.7 Å². The van der Waals surface area contributed by atoms with Crippen LogP contribution in [0.2, 0.25) is 0 Å². The summed E-state index contributed by atoms with van der Waals surface area (Å²) in [6.45, 7) is 0. The van der Waals surface area contributed by atoms with Gasteiger partial charge in [0.25, 0.3) is 0 Å². The van der Waals surface area contributed by atoms with Gasteiger partial charge >= 0.3 is 5.97 Å². The summed E-state index contributed by atoms with van der Waals surface area (Å²) < 4.78 is 5.74. The van der Waals surface area contributed by atoms with Gasteiger partial charge < -0.3 is 4.74 Å². The highest BCUT2D eigenvalue weighted by Crippen LogP contribution is 2.52. The fourth-order valence-electron chi connectivity index (χ4n) is 1.63. The molecule has 0 saturated heterocycles. The van der Waals surface area contributed by atoms with Crippen LogP contribution in [0.1, 0.15) is 19.3 Å². The number of ether oxygens (including phenoxy) is 1. The topological polar surface area (TPSA) is 39.2 Å². The maximum absolute atomic E-state index is 11.3. The molecule has 0 atom stereocenters. The molecule has 0 spiro atoms. The van der Waals surface area contributed by atoms with E-state index in [-0.39, 0.29) is 11.4 Å². The average molecular weight is 316 g/mol. The monoisotopic (exact) mass is 315 g/mol. The minimum atomic E-state index is -0.108. The first-order valence-corrected chi connectivity index (χ1v) is 7.23. The number of hydrogen-bond donors (Lipinski definition) is 0. The van der Waals surface area contributed by atoms with Crippen LogP contribution in [0.15, 0.2) is 27.8 Å². The zero-order valence-corrected chi connectivity index (χ0v) is 12.0. The maximum atomic E-state index is 11.3. The molecule has 0 aromatic carbocycles. The summed E-state index contributed by atoms with van der Waals surface area (Å²) >= 11 is 5.18. The zero-order valence-electron chi connectivity index (χ0n) is 9.61. The molecule has 0 unspecified atom stereocenters. The predicted octanol–water partition coefficient (Wildman–Crippen LogP) is 3.28. The van der Waals surface area contributed by atoms with Gasteiger partial charge in [0, 0.05) is 16.4 Å². The van der Waals surface area contributed by atoms with E-state index in [1.807, 2.05) is 12.1 Å². The normalized spacial score (nSPS) is 16.6. The Hall–Kier alpha value is -0.550. The molecule has 0 N–H and O–H groups in total. The van der Waals surface area contributed by atoms with E-state index >= 15 is 0 Å². The number of carbonyl (C=O) groups excluding carboxylic acids is 1. The van der Waals surface area contributed by atoms with Crippen LogP contribution in [0.25, 0.3) is 0 Å². The maximum Gasteiger partial charge on any atom is 0.306 e. The summed E-state index contributed by atoms with van der Waals surface area (Å²) in [5, 5.41) is 0.989. The number of methoxy groups -OCH3 is 1. The third-order valence-corrected chi connectivity index (χ3v) is 5.20. The molecule has 92 valence electrons. The van der Waals surface area contributed by atoms with Crippen molar-refractivity contribution in [3.05, 3.63) is 22.8 Å². The Labute approximate surface area is 113 Å². The summed E-state index contributed by atoms with van der Waals surface area (Å²) in [5.41, 5.74) is 0.148. The highest BCUT2D eigenvalue weighted by Gasteiger charge is 2.44. The van der Waals surface area contributed by atoms with Crippen LogP contribution in [0.5, 0.6) is 0 Å². The van der Waals surface area contributed by atoms with Crippen molar-refractivity contribution in [3.8, 4) is 0 Å². The molecule has 1 fully saturated rings. The largest absolute Gasteiger partial charge is 0.469 e. The van der Waals surface area contributed by atoms with Crippen LogP contribution in [0.3, 0.4) is 0 Å². The molecular formula is C12H14BrNO2S. The summed E-state index contributed by atoms with van der Waals surface area (Å²) in [4.78, 5) is 15.6. The minimum Gasteiger partial charge on any atom is -0.469 e. The third kappa shape index (κ3) is 3.45. The molecule has 1 aliphatic rings. The minimum absolute atomic E-state index is 0.108. The van der Waals surface area contributed by atoms with E-state index < -0.39 is 0 Å². The highest BCUT2D eigenvalue weighted by atomic mass is 79.9. The van der Waals surface area contributed by atoms with Crippen LogP contribution in [-0.4, -0.2) is 23.8 Å². The number of halogens is 1. The number of hydrogen-bond acceptors (Lipinski definition) is 4. The average Bonchev–Trinajstić information content (AvgIpc) is 3.08. The van der Waals surface area contributed by atoms with Crippen LogP contribution < -0.4 is 0 Å². The number of carbonyl (C=O) groups is 1. The zero-order chi connectivity index (χ0) is 12.3. The lowest BCUT2D eigenvalue weighted by Crippen LogP contribution is -2.13. The van der Waals surface area contributed by atoms with Gasteiger partial charge in [0.1, 0.15) is 5.03 Å². The molecule has 0 bridgehead atoms. The van der Waals surface area contributed by atoms with Crippen molar-refractivity contribution in [2.45, 2.75) is 24.3 Å². The number of aromatic nitrogens is 1. The van der Waals surface area contributed by atoms with Crippen LogP contribution in [0.4, 0.5) is 0 Å². The van der Waals surface area contributed by atoms with Crippen LogP contribution in [-0.2, 0) is 9.53 Å². The molecule has 1 aliphatic carbocycles. The summed E-state index contributed by atoms with van der Waals surface area (Å²) in [5.74, 6) is 0.820. The first-order valence-electron chi connectivity index (χ1n) is 5.45. The molecule has 5 heteroatoms. The molecule has 2 rings (SSSR count). The van der Waals surface area contributed by atoms with Crippen molar-refractivity contribution in [1.29, 1.82) is 0 Å². The molecular weight excluding hydrogens is 302 g/mol. The van der Waals surface area contributed by atoms with Gasteiger partial charge in [-0.2, -0.15) is 0 Å². The van der Waals surface area contributed by atoms with Gasteiger partial charge in [-0.1, -0.05) is 0 Å². The van der Waals surface area contributed by atoms with Crippen molar-refractivity contribution in [2.75, 3.05) is 12.9 Å². The third-order valence-electron chi connectivity index (χ3n) is 2.94. The Bertz CT molecular complexity index is 421. The molecule has 1 heterocycles. The van der Waals surface area contributed by atoms with Gasteiger partial charge in [-0.25, -0.2) is 4.98 Å². The standard InChI is InChI=1S/C12H14BrNO2S/c1-16-10(15)7-12(4-5-12)8-17-11-9(13)3-2-6-14-11/h2-3,6H,4-5,7-8H2,1H3. The molecule has 0 amide bonds. The van der Waals surface area contributed by atoms with Gasteiger partial charge in [-0.15, -0.1) is 11.8 Å². The van der Waals surface area contributed by atoms with Gasteiger partial charge in [0.05, 0.1) is 13.5 Å². The Morgan fingerprint density at radius 2 is 2.41 bits per heavy atom. The number of thioether (sulfide) groups is 1. The van der Waals surface area contributed by atoms with Crippen molar-refractivity contribution in [3.63, 3.8) is 0 Å². The van der Waals surface area contributed by atoms with Gasteiger partial charge in [0.15, 0.2) is 0 Å². The summed E-state index contributed by atoms with van der Waals surface area (Å²) in [7, 11) is 1.45. The first kappa shape index (κ1) is 12.9. The van der Waals surface area contributed by atoms with E-state index in [0.29, 0.717) is 6.42 Å². The molecule has 1 aromatic heterocycles. The summed E-state index contributed by atoms with van der Waals surface area (Å²) in [6.07, 6.45) is 4.53.